The molecular formula is C69H104IN3O25. The Hall–Kier alpha value is -5.46. The van der Waals surface area contributed by atoms with Crippen molar-refractivity contribution in [3.05, 3.63) is 80.5 Å². The molecule has 1 saturated heterocycles. The van der Waals surface area contributed by atoms with Gasteiger partial charge in [0.05, 0.1) is 191 Å². The van der Waals surface area contributed by atoms with Crippen LogP contribution in [0, 0.1) is 0 Å². The van der Waals surface area contributed by atoms with E-state index in [9.17, 15) is 33.6 Å². The van der Waals surface area contributed by atoms with Crippen molar-refractivity contribution >= 4 is 85.3 Å². The number of rotatable bonds is 61. The van der Waals surface area contributed by atoms with Crippen LogP contribution < -0.4 is 21.1 Å². The number of halogens is 1. The van der Waals surface area contributed by atoms with Gasteiger partial charge in [-0.1, -0.05) is 22.6 Å². The molecule has 1 aliphatic heterocycles. The van der Waals surface area contributed by atoms with Crippen molar-refractivity contribution in [2.45, 2.75) is 72.6 Å². The number of fused-ring (bicyclic) bond motifs is 2. The molecule has 0 radical (unpaired) electrons. The first-order chi connectivity index (χ1) is 47.9. The summed E-state index contributed by atoms with van der Waals surface area (Å²) in [4.78, 5) is 93.8. The van der Waals surface area contributed by atoms with Crippen LogP contribution in [0.3, 0.4) is 0 Å². The highest BCUT2D eigenvalue weighted by Gasteiger charge is 2.32. The molecule has 29 heteroatoms. The van der Waals surface area contributed by atoms with Crippen molar-refractivity contribution in [2.75, 3.05) is 239 Å². The van der Waals surface area contributed by atoms with Crippen molar-refractivity contribution in [1.29, 1.82) is 0 Å². The number of Topliss-reactive ketones (excluding diaryl/α,β-unsaturated/α-hetero) is 2. The molecule has 28 nitrogen and oxygen atoms in total. The Morgan fingerprint density at radius 3 is 0.939 bits per heavy atom. The Kier molecular flexibility index (Phi) is 47.9. The molecule has 0 atom stereocenters. The summed E-state index contributed by atoms with van der Waals surface area (Å²) < 4.78 is 93.6. The minimum absolute atomic E-state index is 0.0522. The van der Waals surface area contributed by atoms with E-state index in [1.807, 2.05) is 36.4 Å². The minimum Gasteiger partial charge on any atom is -0.422 e. The quantitative estimate of drug-likeness (QED) is 0.0108. The van der Waals surface area contributed by atoms with E-state index in [0.717, 1.165) is 54.0 Å². The molecule has 0 unspecified atom stereocenters. The van der Waals surface area contributed by atoms with E-state index in [0.29, 0.717) is 213 Å². The molecule has 0 saturated carbocycles. The lowest BCUT2D eigenvalue weighted by molar-refractivity contribution is -0.198. The Balaban J connectivity index is 0.000000429. The lowest BCUT2D eigenvalue weighted by Crippen LogP contribution is -2.32. The highest BCUT2D eigenvalue weighted by atomic mass is 127. The van der Waals surface area contributed by atoms with Gasteiger partial charge in [0.15, 0.2) is 11.6 Å². The van der Waals surface area contributed by atoms with Gasteiger partial charge in [-0.3, -0.25) is 19.2 Å². The van der Waals surface area contributed by atoms with Crippen molar-refractivity contribution in [1.82, 2.24) is 5.06 Å². The smallest absolute Gasteiger partial charge is 0.347 e. The maximum Gasteiger partial charge on any atom is 0.347 e. The van der Waals surface area contributed by atoms with E-state index in [2.05, 4.69) is 60.1 Å². The van der Waals surface area contributed by atoms with Gasteiger partial charge in [-0.05, 0) is 76.9 Å². The largest absolute Gasteiger partial charge is 0.422 e. The molecule has 5 rings (SSSR count). The predicted molar refractivity (Wildman–Crippen MR) is 372 cm³/mol. The Morgan fingerprint density at radius 1 is 0.378 bits per heavy atom. The lowest BCUT2D eigenvalue weighted by Gasteiger charge is -2.20. The summed E-state index contributed by atoms with van der Waals surface area (Å²) >= 11 is 2.27. The van der Waals surface area contributed by atoms with Gasteiger partial charge in [0.2, 0.25) is 0 Å². The van der Waals surface area contributed by atoms with E-state index in [-0.39, 0.29) is 68.0 Å². The monoisotopic (exact) mass is 1500 g/mol. The fourth-order valence-corrected chi connectivity index (χ4v) is 9.49. The molecule has 0 bridgehead atoms. The molecule has 2 aromatic heterocycles. The number of nitrogens with zero attached hydrogens (tertiary/aromatic N) is 3. The Labute approximate surface area is 588 Å². The van der Waals surface area contributed by atoms with Crippen molar-refractivity contribution < 1.29 is 109 Å². The summed E-state index contributed by atoms with van der Waals surface area (Å²) in [5.41, 5.74) is 1.82. The van der Waals surface area contributed by atoms with E-state index in [4.69, 9.17) is 84.7 Å². The van der Waals surface area contributed by atoms with Gasteiger partial charge in [-0.25, -0.2) is 14.4 Å². The Bertz CT molecular complexity index is 2930. The summed E-state index contributed by atoms with van der Waals surface area (Å²) in [6.45, 7) is 25.0. The highest BCUT2D eigenvalue weighted by Crippen LogP contribution is 2.24. The first-order valence-electron chi connectivity index (χ1n) is 33.9. The molecule has 2 aromatic carbocycles. The molecule has 3 heterocycles. The van der Waals surface area contributed by atoms with Crippen LogP contribution in [0.4, 0.5) is 11.4 Å². The molecule has 1 aliphatic rings. The number of imide groups is 1. The first-order valence-corrected chi connectivity index (χ1v) is 35.5. The van der Waals surface area contributed by atoms with Gasteiger partial charge in [0.1, 0.15) is 22.3 Å². The van der Waals surface area contributed by atoms with E-state index in [1.54, 1.807) is 12.1 Å². The van der Waals surface area contributed by atoms with Gasteiger partial charge in [-0.15, -0.1) is 5.06 Å². The third-order valence-corrected chi connectivity index (χ3v) is 14.8. The predicted octanol–water partition coefficient (Wildman–Crippen LogP) is 6.89. The molecular weight excluding hydrogens is 1400 g/mol. The van der Waals surface area contributed by atoms with Crippen LogP contribution in [0.5, 0.6) is 0 Å². The summed E-state index contributed by atoms with van der Waals surface area (Å²) in [6.07, 6.45) is 1.41. The van der Waals surface area contributed by atoms with Crippen LogP contribution in [0.25, 0.3) is 21.9 Å². The van der Waals surface area contributed by atoms with Crippen LogP contribution in [0.15, 0.2) is 67.0 Å². The fraction of sp³-hybridized carbons (Fsp3) is 0.667. The molecule has 4 aromatic rings. The number of benzene rings is 2. The third-order valence-electron chi connectivity index (χ3n) is 14.4. The van der Waals surface area contributed by atoms with Gasteiger partial charge in [0.25, 0.3) is 11.8 Å². The average Bonchev–Trinajstić information content (AvgIpc) is 1.07. The minimum atomic E-state index is -0.707. The van der Waals surface area contributed by atoms with Gasteiger partial charge < -0.3 is 94.5 Å². The molecule has 2 amide bonds. The second-order valence-corrected chi connectivity index (χ2v) is 22.5. The summed E-state index contributed by atoms with van der Waals surface area (Å²) in [7, 11) is 0. The van der Waals surface area contributed by atoms with Crippen LogP contribution in [-0.2, 0) is 90.3 Å². The second kappa shape index (κ2) is 55.3. The number of hydroxylamine groups is 2. The van der Waals surface area contributed by atoms with Crippen LogP contribution in [-0.4, -0.2) is 263 Å². The maximum absolute atomic E-state index is 12.7. The number of carbonyl (C=O) groups is 5. The van der Waals surface area contributed by atoms with Crippen molar-refractivity contribution in [3.63, 3.8) is 0 Å². The van der Waals surface area contributed by atoms with Crippen LogP contribution in [0.2, 0.25) is 0 Å². The van der Waals surface area contributed by atoms with Gasteiger partial charge in [0, 0.05) is 104 Å². The number of carbonyl (C=O) groups excluding carboxylic acids is 5. The zero-order chi connectivity index (χ0) is 70.5. The van der Waals surface area contributed by atoms with Crippen LogP contribution >= 0.6 is 22.6 Å². The Morgan fingerprint density at radius 2 is 0.653 bits per heavy atom. The second-order valence-electron chi connectivity index (χ2n) is 21.4. The zero-order valence-corrected chi connectivity index (χ0v) is 59.9. The molecule has 0 spiro atoms. The molecule has 0 aliphatic carbocycles. The van der Waals surface area contributed by atoms with E-state index in [1.165, 1.54) is 0 Å². The first kappa shape index (κ1) is 85.0. The maximum atomic E-state index is 12.7. The fourth-order valence-electron chi connectivity index (χ4n) is 9.18. The zero-order valence-electron chi connectivity index (χ0n) is 57.7. The third kappa shape index (κ3) is 36.8. The lowest BCUT2D eigenvalue weighted by atomic mass is 10.1. The average molecular weight is 1500 g/mol. The number of hydrogen-bond acceptors (Lipinski definition) is 27. The number of hydrogen-bond donors (Lipinski definition) is 0. The topological polar surface area (TPSA) is 303 Å². The summed E-state index contributed by atoms with van der Waals surface area (Å²) in [6, 6.07) is 14.6. The van der Waals surface area contributed by atoms with Crippen LogP contribution in [0.1, 0.15) is 93.4 Å². The highest BCUT2D eigenvalue weighted by molar-refractivity contribution is 14.1. The summed E-state index contributed by atoms with van der Waals surface area (Å²) in [5, 5.41) is 1.96. The molecule has 0 N–H and O–H groups in total. The van der Waals surface area contributed by atoms with E-state index < -0.39 is 29.0 Å². The number of alkyl halides is 1. The van der Waals surface area contributed by atoms with Crippen molar-refractivity contribution in [3.8, 4) is 0 Å². The molecule has 98 heavy (non-hydrogen) atoms. The van der Waals surface area contributed by atoms with Gasteiger partial charge >= 0.3 is 17.2 Å². The number of ketones is 2. The number of amides is 2. The number of ether oxygens (including phenoxy) is 15. The van der Waals surface area contributed by atoms with Gasteiger partial charge in [-0.2, -0.15) is 0 Å². The molecule has 1 fully saturated rings. The SMILES string of the molecule is CCN(CC)c1ccc2cc(C(=O)CCCOCCOCCOCCOCCOCCOCCOCCI)c(=O)oc2c1.CCN(CC)c1ccc2cc(C(=O)CCCOCCOCCOCCOCCOCCOCCOCCOCCC(=O)ON3C(=O)CCC3=O)c(=O)oc2c1. The molecule has 552 valence electrons. The summed E-state index contributed by atoms with van der Waals surface area (Å²) in [5.74, 6) is -2.25. The van der Waals surface area contributed by atoms with E-state index >= 15 is 0 Å². The van der Waals surface area contributed by atoms with Crippen molar-refractivity contribution in [2.24, 2.45) is 0 Å². The normalized spacial score (nSPS) is 12.3. The standard InChI is InChI=1S/C38H56N2O15.C31H48INO10/c1-3-39(4-2)31-8-7-30-28-32(38(45)54-34(30)29-31)33(41)6-5-12-46-14-16-48-18-20-50-22-24-52-26-27-53-25-23-51-21-19-49-17-15-47-13-11-37(44)55-40-35(42)9-10-36(40)43;1-3-33(4-2)27-8-7-26-24-28(31(35)43-30(26)25-27)29(34)6-5-10-36-12-14-38-16-18-40-20-22-42-23-21-41-19-17-39-15-13-37-11-9-32/h7-8,28-29H,3-6,9-27H2,1-2H3;7-8,24-25H,3-6,9-23H2,1-2H3. The number of anilines is 2.